The Labute approximate surface area is 86.7 Å². The molecule has 0 fully saturated rings. The van der Waals surface area contributed by atoms with Crippen LogP contribution in [-0.4, -0.2) is 0 Å². The molecule has 1 aromatic carbocycles. The van der Waals surface area contributed by atoms with Crippen LogP contribution in [0.25, 0.3) is 10.9 Å². The van der Waals surface area contributed by atoms with E-state index in [-0.39, 0.29) is 12.4 Å². The first-order chi connectivity index (χ1) is 5.79. The Morgan fingerprint density at radius 3 is 2.54 bits per heavy atom. The number of para-hydroxylation sites is 1. The van der Waals surface area contributed by atoms with E-state index >= 15 is 0 Å². The second kappa shape index (κ2) is 3.81. The van der Waals surface area contributed by atoms with Crippen molar-refractivity contribution >= 4 is 34.9 Å². The van der Waals surface area contributed by atoms with Crippen molar-refractivity contribution in [1.29, 1.82) is 0 Å². The van der Waals surface area contributed by atoms with Crippen LogP contribution in [0.5, 0.6) is 0 Å². The summed E-state index contributed by atoms with van der Waals surface area (Å²) in [6.45, 7) is 0. The minimum absolute atomic E-state index is 0. The smallest absolute Gasteiger partial charge is 0.225 e. The number of fused-ring (bicyclic) bond motifs is 1. The quantitative estimate of drug-likeness (QED) is 0.491. The van der Waals surface area contributed by atoms with Gasteiger partial charge in [0.1, 0.15) is 0 Å². The maximum atomic E-state index is 11.2. The second-order valence-corrected chi connectivity index (χ2v) is 2.91. The van der Waals surface area contributed by atoms with Gasteiger partial charge in [-0.25, -0.2) is 0 Å². The lowest BCUT2D eigenvalue weighted by atomic mass is 10.2. The van der Waals surface area contributed by atoms with Crippen molar-refractivity contribution < 1.29 is 4.73 Å². The molecule has 0 unspecified atom stereocenters. The molecule has 0 N–H and O–H groups in total. The van der Waals surface area contributed by atoms with Crippen LogP contribution in [0, 0.1) is 5.21 Å². The molecule has 2 rings (SSSR count). The molecule has 0 spiro atoms. The monoisotopic (exact) mass is 215 g/mol. The summed E-state index contributed by atoms with van der Waals surface area (Å²) >= 11 is 5.88. The first-order valence-electron chi connectivity index (χ1n) is 3.55. The van der Waals surface area contributed by atoms with Crippen LogP contribution in [0.2, 0.25) is 5.02 Å². The SMILES string of the molecule is Cl.[O-][n+]1ccc(Cl)c2ccccc21. The van der Waals surface area contributed by atoms with Crippen LogP contribution in [0.3, 0.4) is 0 Å². The molecule has 0 saturated heterocycles. The fourth-order valence-electron chi connectivity index (χ4n) is 1.17. The van der Waals surface area contributed by atoms with Gasteiger partial charge in [-0.15, -0.1) is 12.4 Å². The molecule has 0 aliphatic rings. The van der Waals surface area contributed by atoms with Crippen LogP contribution in [0.15, 0.2) is 36.5 Å². The maximum Gasteiger partial charge on any atom is 0.225 e. The summed E-state index contributed by atoms with van der Waals surface area (Å²) in [6.07, 6.45) is 1.41. The van der Waals surface area contributed by atoms with E-state index in [0.717, 1.165) is 10.1 Å². The molecule has 13 heavy (non-hydrogen) atoms. The molecule has 0 aliphatic heterocycles. The maximum absolute atomic E-state index is 11.2. The highest BCUT2D eigenvalue weighted by molar-refractivity contribution is 6.35. The van der Waals surface area contributed by atoms with E-state index in [2.05, 4.69) is 0 Å². The fourth-order valence-corrected chi connectivity index (χ4v) is 1.39. The summed E-state index contributed by atoms with van der Waals surface area (Å²) in [5, 5.41) is 12.6. The lowest BCUT2D eigenvalue weighted by molar-refractivity contribution is -0.577. The molecule has 0 aliphatic carbocycles. The summed E-state index contributed by atoms with van der Waals surface area (Å²) < 4.78 is 0.807. The summed E-state index contributed by atoms with van der Waals surface area (Å²) in [6, 6.07) is 8.83. The predicted molar refractivity (Wildman–Crippen MR) is 55.2 cm³/mol. The van der Waals surface area contributed by atoms with Crippen LogP contribution in [0.1, 0.15) is 0 Å². The predicted octanol–water partition coefficient (Wildman–Crippen LogP) is 2.55. The molecule has 2 nitrogen and oxygen atoms in total. The third-order valence-corrected chi connectivity index (χ3v) is 2.08. The number of benzene rings is 1. The van der Waals surface area contributed by atoms with Gasteiger partial charge in [0, 0.05) is 12.1 Å². The number of hydrogen-bond donors (Lipinski definition) is 0. The summed E-state index contributed by atoms with van der Waals surface area (Å²) in [4.78, 5) is 0. The van der Waals surface area contributed by atoms with Crippen LogP contribution in [-0.2, 0) is 0 Å². The van der Waals surface area contributed by atoms with Crippen molar-refractivity contribution in [2.24, 2.45) is 0 Å². The fraction of sp³-hybridized carbons (Fsp3) is 0. The van der Waals surface area contributed by atoms with Gasteiger partial charge < -0.3 is 5.21 Å². The lowest BCUT2D eigenvalue weighted by Gasteiger charge is -2.01. The molecule has 0 radical (unpaired) electrons. The summed E-state index contributed by atoms with van der Waals surface area (Å²) in [5.74, 6) is 0. The van der Waals surface area contributed by atoms with Gasteiger partial charge in [-0.1, -0.05) is 23.7 Å². The molecular weight excluding hydrogens is 209 g/mol. The van der Waals surface area contributed by atoms with E-state index in [9.17, 15) is 5.21 Å². The van der Waals surface area contributed by atoms with E-state index in [0.29, 0.717) is 10.5 Å². The first-order valence-corrected chi connectivity index (χ1v) is 3.93. The highest BCUT2D eigenvalue weighted by Gasteiger charge is 2.04. The number of hydrogen-bond acceptors (Lipinski definition) is 1. The minimum atomic E-state index is 0. The zero-order valence-corrected chi connectivity index (χ0v) is 8.18. The zero-order valence-electron chi connectivity index (χ0n) is 6.61. The molecule has 0 bridgehead atoms. The van der Waals surface area contributed by atoms with Crippen LogP contribution < -0.4 is 4.73 Å². The van der Waals surface area contributed by atoms with Gasteiger partial charge in [-0.05, 0) is 6.07 Å². The number of rotatable bonds is 0. The first kappa shape index (κ1) is 10.1. The Hall–Kier alpha value is -0.990. The lowest BCUT2D eigenvalue weighted by Crippen LogP contribution is -2.25. The molecule has 1 aromatic heterocycles. The van der Waals surface area contributed by atoms with Crippen LogP contribution in [0.4, 0.5) is 0 Å². The van der Waals surface area contributed by atoms with E-state index in [1.54, 1.807) is 12.1 Å². The number of nitrogens with zero attached hydrogens (tertiary/aromatic N) is 1. The van der Waals surface area contributed by atoms with E-state index in [4.69, 9.17) is 11.6 Å². The van der Waals surface area contributed by atoms with Crippen molar-refractivity contribution in [3.05, 3.63) is 46.8 Å². The molecule has 4 heteroatoms. The Kier molecular flexibility index (Phi) is 2.96. The van der Waals surface area contributed by atoms with Crippen LogP contribution >= 0.6 is 24.0 Å². The number of aromatic nitrogens is 1. The molecule has 2 aromatic rings. The summed E-state index contributed by atoms with van der Waals surface area (Å²) in [5.41, 5.74) is 0.602. The highest BCUT2D eigenvalue weighted by atomic mass is 35.5. The van der Waals surface area contributed by atoms with Gasteiger partial charge in [0.15, 0.2) is 6.20 Å². The van der Waals surface area contributed by atoms with Crippen molar-refractivity contribution in [2.75, 3.05) is 0 Å². The molecule has 68 valence electrons. The number of halogens is 2. The summed E-state index contributed by atoms with van der Waals surface area (Å²) in [7, 11) is 0. The average molecular weight is 216 g/mol. The Morgan fingerprint density at radius 2 is 1.85 bits per heavy atom. The van der Waals surface area contributed by atoms with E-state index in [1.807, 2.05) is 18.2 Å². The average Bonchev–Trinajstić information content (AvgIpc) is 2.12. The Morgan fingerprint density at radius 1 is 1.15 bits per heavy atom. The standard InChI is InChI=1S/C9H6ClNO.ClH/c10-8-5-6-11(12)9-4-2-1-3-7(8)9;/h1-6H;1H. The minimum Gasteiger partial charge on any atom is -0.618 e. The van der Waals surface area contributed by atoms with Crippen molar-refractivity contribution in [1.82, 2.24) is 0 Å². The normalized spacial score (nSPS) is 9.62. The largest absolute Gasteiger partial charge is 0.618 e. The van der Waals surface area contributed by atoms with Gasteiger partial charge in [-0.3, -0.25) is 0 Å². The topological polar surface area (TPSA) is 26.9 Å². The number of pyridine rings is 1. The molecule has 0 amide bonds. The Balaban J connectivity index is 0.000000845. The van der Waals surface area contributed by atoms with Gasteiger partial charge in [0.2, 0.25) is 5.52 Å². The van der Waals surface area contributed by atoms with E-state index in [1.165, 1.54) is 6.20 Å². The molecule has 0 atom stereocenters. The van der Waals surface area contributed by atoms with Gasteiger partial charge in [0.25, 0.3) is 0 Å². The Bertz CT molecular complexity index is 390. The third-order valence-electron chi connectivity index (χ3n) is 1.76. The van der Waals surface area contributed by atoms with Crippen molar-refractivity contribution in [3.8, 4) is 0 Å². The van der Waals surface area contributed by atoms with E-state index < -0.39 is 0 Å². The second-order valence-electron chi connectivity index (χ2n) is 2.51. The van der Waals surface area contributed by atoms with Crippen molar-refractivity contribution in [3.63, 3.8) is 0 Å². The zero-order chi connectivity index (χ0) is 8.55. The van der Waals surface area contributed by atoms with Gasteiger partial charge in [0.05, 0.1) is 10.4 Å². The molecule has 1 heterocycles. The highest BCUT2D eigenvalue weighted by Crippen LogP contribution is 2.19. The van der Waals surface area contributed by atoms with Crippen molar-refractivity contribution in [2.45, 2.75) is 0 Å². The molecular formula is C9H7Cl2NO. The van der Waals surface area contributed by atoms with Gasteiger partial charge >= 0.3 is 0 Å². The van der Waals surface area contributed by atoms with Gasteiger partial charge in [-0.2, -0.15) is 4.73 Å². The molecule has 0 saturated carbocycles. The third kappa shape index (κ3) is 1.69.